The van der Waals surface area contributed by atoms with E-state index >= 15 is 0 Å². The van der Waals surface area contributed by atoms with Crippen LogP contribution in [-0.2, 0) is 11.2 Å². The first-order valence-corrected chi connectivity index (χ1v) is 10.2. The summed E-state index contributed by atoms with van der Waals surface area (Å²) in [5, 5.41) is 5.11. The van der Waals surface area contributed by atoms with E-state index < -0.39 is 18.1 Å². The van der Waals surface area contributed by atoms with E-state index in [0.717, 1.165) is 28.2 Å². The van der Waals surface area contributed by atoms with Crippen molar-refractivity contribution in [3.63, 3.8) is 0 Å². The lowest BCUT2D eigenvalue weighted by molar-refractivity contribution is -0.174. The van der Waals surface area contributed by atoms with E-state index in [1.165, 1.54) is 0 Å². The molecule has 164 valence electrons. The molecule has 0 aliphatic carbocycles. The van der Waals surface area contributed by atoms with Gasteiger partial charge < -0.3 is 15.1 Å². The molecular weight excluding hydrogens is 409 g/mol. The van der Waals surface area contributed by atoms with Crippen molar-refractivity contribution < 1.29 is 18.0 Å². The monoisotopic (exact) mass is 432 g/mol. The smallest absolute Gasteiger partial charge is 0.363 e. The summed E-state index contributed by atoms with van der Waals surface area (Å²) in [6.07, 6.45) is -3.55. The van der Waals surface area contributed by atoms with Crippen LogP contribution in [0.2, 0.25) is 0 Å². The lowest BCUT2D eigenvalue weighted by atomic mass is 9.90. The SMILES string of the molecule is CN1c2ccccc2[C@H]2C[C@H](NC(=O)C(F)(F)F)CCN2c2ccc(CCN=O)cc21. The molecule has 2 atom stereocenters. The predicted molar refractivity (Wildman–Crippen MR) is 113 cm³/mol. The van der Waals surface area contributed by atoms with Gasteiger partial charge in [-0.25, -0.2) is 0 Å². The van der Waals surface area contributed by atoms with Crippen molar-refractivity contribution >= 4 is 23.0 Å². The highest BCUT2D eigenvalue weighted by molar-refractivity contribution is 5.83. The van der Waals surface area contributed by atoms with Gasteiger partial charge in [0.25, 0.3) is 0 Å². The van der Waals surface area contributed by atoms with E-state index in [1.54, 1.807) is 0 Å². The van der Waals surface area contributed by atoms with Gasteiger partial charge in [-0.15, -0.1) is 0 Å². The second kappa shape index (κ2) is 8.20. The molecule has 9 heteroatoms. The second-order valence-electron chi connectivity index (χ2n) is 7.95. The fraction of sp³-hybridized carbons (Fsp3) is 0.409. The van der Waals surface area contributed by atoms with Gasteiger partial charge in [-0.05, 0) is 48.6 Å². The van der Waals surface area contributed by atoms with Crippen molar-refractivity contribution in [2.24, 2.45) is 5.18 Å². The molecule has 0 aromatic heterocycles. The van der Waals surface area contributed by atoms with Crippen LogP contribution in [0.4, 0.5) is 30.2 Å². The molecule has 2 aliphatic rings. The topological polar surface area (TPSA) is 65.0 Å². The molecule has 1 N–H and O–H groups in total. The van der Waals surface area contributed by atoms with E-state index in [4.69, 9.17) is 0 Å². The zero-order valence-electron chi connectivity index (χ0n) is 17.0. The summed E-state index contributed by atoms with van der Waals surface area (Å²) >= 11 is 0. The number of para-hydroxylation sites is 1. The van der Waals surface area contributed by atoms with E-state index in [0.29, 0.717) is 25.8 Å². The van der Waals surface area contributed by atoms with Gasteiger partial charge in [0.1, 0.15) is 0 Å². The van der Waals surface area contributed by atoms with Crippen LogP contribution in [0, 0.1) is 4.91 Å². The van der Waals surface area contributed by atoms with Crippen LogP contribution in [0.3, 0.4) is 0 Å². The second-order valence-corrected chi connectivity index (χ2v) is 7.95. The van der Waals surface area contributed by atoms with Gasteiger partial charge in [0.15, 0.2) is 0 Å². The Morgan fingerprint density at radius 2 is 1.94 bits per heavy atom. The van der Waals surface area contributed by atoms with Crippen molar-refractivity contribution in [1.82, 2.24) is 5.32 Å². The number of benzene rings is 2. The van der Waals surface area contributed by atoms with Gasteiger partial charge in [-0.3, -0.25) is 4.79 Å². The van der Waals surface area contributed by atoms with Crippen molar-refractivity contribution in [3.8, 4) is 0 Å². The number of alkyl halides is 3. The number of anilines is 3. The fourth-order valence-corrected chi connectivity index (χ4v) is 4.56. The van der Waals surface area contributed by atoms with Crippen molar-refractivity contribution in [2.45, 2.75) is 37.5 Å². The molecule has 2 aliphatic heterocycles. The number of nitrogens with zero attached hydrogens (tertiary/aromatic N) is 3. The first kappa shape index (κ1) is 21.1. The number of rotatable bonds is 4. The Kier molecular flexibility index (Phi) is 5.60. The average molecular weight is 432 g/mol. The van der Waals surface area contributed by atoms with Crippen LogP contribution in [-0.4, -0.2) is 38.3 Å². The van der Waals surface area contributed by atoms with Crippen molar-refractivity contribution in [2.75, 3.05) is 29.9 Å². The minimum Gasteiger partial charge on any atom is -0.363 e. The third-order valence-corrected chi connectivity index (χ3v) is 6.05. The fourth-order valence-electron chi connectivity index (χ4n) is 4.56. The highest BCUT2D eigenvalue weighted by Crippen LogP contribution is 2.48. The Balaban J connectivity index is 1.71. The molecule has 6 nitrogen and oxygen atoms in total. The lowest BCUT2D eigenvalue weighted by Crippen LogP contribution is -2.49. The number of piperidine rings is 1. The Hall–Kier alpha value is -3.10. The van der Waals surface area contributed by atoms with Crippen LogP contribution in [0.5, 0.6) is 0 Å². The minimum absolute atomic E-state index is 0.172. The van der Waals surface area contributed by atoms with Crippen LogP contribution in [0.15, 0.2) is 47.6 Å². The lowest BCUT2D eigenvalue weighted by Gasteiger charge is -2.41. The minimum atomic E-state index is -4.89. The summed E-state index contributed by atoms with van der Waals surface area (Å²) < 4.78 is 38.3. The van der Waals surface area contributed by atoms with Crippen LogP contribution < -0.4 is 15.1 Å². The summed E-state index contributed by atoms with van der Waals surface area (Å²) in [6.45, 7) is 0.712. The number of amides is 1. The number of fused-ring (bicyclic) bond motifs is 5. The highest BCUT2D eigenvalue weighted by atomic mass is 19.4. The molecular formula is C22H23F3N4O2. The maximum Gasteiger partial charge on any atom is 0.471 e. The van der Waals surface area contributed by atoms with Gasteiger partial charge in [0.2, 0.25) is 0 Å². The number of hydrogen-bond donors (Lipinski definition) is 1. The third kappa shape index (κ3) is 4.08. The molecule has 1 amide bonds. The number of carbonyl (C=O) groups excluding carboxylic acids is 1. The van der Waals surface area contributed by atoms with E-state index in [9.17, 15) is 22.9 Å². The van der Waals surface area contributed by atoms with E-state index in [-0.39, 0.29) is 12.6 Å². The first-order chi connectivity index (χ1) is 14.8. The predicted octanol–water partition coefficient (Wildman–Crippen LogP) is 4.47. The molecule has 0 bridgehead atoms. The molecule has 31 heavy (non-hydrogen) atoms. The normalized spacial score (nSPS) is 20.3. The molecule has 2 aromatic carbocycles. The molecule has 2 aromatic rings. The Morgan fingerprint density at radius 3 is 2.68 bits per heavy atom. The standard InChI is InChI=1S/C22H23F3N4O2/c1-28-17-5-3-2-4-16(17)19-13-15(27-21(30)22(23,24)25)9-11-29(19)18-7-6-14(8-10-26-31)12-20(18)28/h2-7,12,15,19H,8-11,13H2,1H3,(H,27,30)/t15-,19-/m1/s1. The molecule has 0 radical (unpaired) electrons. The average Bonchev–Trinajstić information content (AvgIpc) is 2.85. The maximum atomic E-state index is 12.8. The Morgan fingerprint density at radius 1 is 1.16 bits per heavy atom. The van der Waals surface area contributed by atoms with E-state index in [2.05, 4.69) is 20.3 Å². The number of halogens is 3. The molecule has 0 saturated carbocycles. The summed E-state index contributed by atoms with van der Waals surface area (Å²) in [7, 11) is 1.96. The first-order valence-electron chi connectivity index (χ1n) is 10.2. The summed E-state index contributed by atoms with van der Waals surface area (Å²) in [6, 6.07) is 13.1. The number of carbonyl (C=O) groups is 1. The van der Waals surface area contributed by atoms with E-state index in [1.807, 2.05) is 49.5 Å². The molecule has 1 fully saturated rings. The van der Waals surface area contributed by atoms with Crippen molar-refractivity contribution in [3.05, 3.63) is 58.5 Å². The number of hydrogen-bond acceptors (Lipinski definition) is 5. The zero-order valence-corrected chi connectivity index (χ0v) is 17.0. The van der Waals surface area contributed by atoms with Crippen LogP contribution >= 0.6 is 0 Å². The summed E-state index contributed by atoms with van der Waals surface area (Å²) in [4.78, 5) is 26.3. The largest absolute Gasteiger partial charge is 0.471 e. The van der Waals surface area contributed by atoms with Gasteiger partial charge in [0.05, 0.1) is 24.0 Å². The zero-order chi connectivity index (χ0) is 22.2. The summed E-state index contributed by atoms with van der Waals surface area (Å²) in [5.74, 6) is -1.89. The van der Waals surface area contributed by atoms with Gasteiger partial charge in [-0.2, -0.15) is 18.1 Å². The quantitative estimate of drug-likeness (QED) is 0.725. The Bertz CT molecular complexity index is 995. The Labute approximate surface area is 178 Å². The third-order valence-electron chi connectivity index (χ3n) is 6.05. The maximum absolute atomic E-state index is 12.8. The van der Waals surface area contributed by atoms with Gasteiger partial charge in [0, 0.05) is 25.3 Å². The molecule has 0 unspecified atom stereocenters. The number of nitroso groups, excluding NO2 is 1. The molecule has 0 spiro atoms. The highest BCUT2D eigenvalue weighted by Gasteiger charge is 2.42. The molecule has 1 saturated heterocycles. The van der Waals surface area contributed by atoms with Gasteiger partial charge >= 0.3 is 12.1 Å². The van der Waals surface area contributed by atoms with Crippen LogP contribution in [0.1, 0.15) is 30.0 Å². The van der Waals surface area contributed by atoms with Gasteiger partial charge in [-0.1, -0.05) is 29.4 Å². The van der Waals surface area contributed by atoms with Crippen LogP contribution in [0.25, 0.3) is 0 Å². The van der Waals surface area contributed by atoms with Crippen molar-refractivity contribution in [1.29, 1.82) is 0 Å². The molecule has 4 rings (SSSR count). The molecule has 2 heterocycles. The number of nitrogens with one attached hydrogen (secondary N) is 1. The summed E-state index contributed by atoms with van der Waals surface area (Å²) in [5.41, 5.74) is 4.91.